The first-order valence-corrected chi connectivity index (χ1v) is 40.1. The Labute approximate surface area is 721 Å². The standard InChI is InChI=1S/C26H34F4O3.C25H33F3O3.C25H34F2O3.C23H29F3O3/c1-16(12-21(31)32)10-9-11-17(2)19-13-18(24(3,4)5)14-20(25(6,7)8)22(19)33-15-26(29,30)23(27)28;1-16(12-21(29)30)10-9-11-17(2)19-13-18(23(3,4)5)14-20(24(6,7)8)22(19)31-15-25(26,27)28;1-16(12-22(28)29)10-9-11-17(2)19-13-18(24(3,4)5)14-20(25(6,7)8)23(19)30-15-21(26)27;1-14(2)18-11-19(15(3)4)22(29-13-23(24,25)26)20(12-18)17(6)9-7-8-16(5)10-21(27)28/h9-14,23H,15H2,1-8H3,(H,31,32);9-14H,15H2,1-8H3,(H,29,30);9-14,21H,15H2,1-8H3,(H,28,29);7-12,14-15H,13H2,1-6H3,(H,27,28)/b3*10-9+,16-12+,17-11-;8-7+,16-10+,17-9-. The fraction of sp³-hybridized carbons (Fsp3) is 0.475. The molecule has 0 saturated heterocycles. The number of ether oxygens (including phenoxy) is 4. The number of rotatable bonds is 29. The Balaban J connectivity index is 0.000000821. The van der Waals surface area contributed by atoms with Crippen LogP contribution in [-0.4, -0.2) is 102 Å². The van der Waals surface area contributed by atoms with Gasteiger partial charge in [0, 0.05) is 63.2 Å². The van der Waals surface area contributed by atoms with Gasteiger partial charge in [-0.15, -0.1) is 0 Å². The van der Waals surface area contributed by atoms with Gasteiger partial charge in [0.1, 0.15) is 29.6 Å². The van der Waals surface area contributed by atoms with Crippen molar-refractivity contribution in [2.75, 3.05) is 26.4 Å². The number of halogens is 12. The van der Waals surface area contributed by atoms with E-state index in [1.54, 1.807) is 115 Å². The fourth-order valence-electron chi connectivity index (χ4n) is 11.5. The maximum atomic E-state index is 13.7. The second-order valence-electron chi connectivity index (χ2n) is 37.1. The Morgan fingerprint density at radius 2 is 0.593 bits per heavy atom. The molecule has 0 atom stereocenters. The number of carbonyl (C=O) groups is 4. The number of carboxylic acids is 4. The zero-order chi connectivity index (χ0) is 95.6. The summed E-state index contributed by atoms with van der Waals surface area (Å²) in [6.45, 7) is 53.1. The SMILES string of the molecule is C/C(=C/C=C/C(C)=C/C(=O)O)c1cc(C(C)(C)C)cc(C(C)(C)C)c1OCC(F)(F)C(F)F.C/C(=C/C=C/C(C)=C/C(=O)O)c1cc(C(C)(C)C)cc(C(C)(C)C)c1OCC(F)(F)F.C/C(=C/C=C/C(C)=C/C(=O)O)c1cc(C(C)(C)C)cc(C(C)(C)C)c1OCC(F)F.C/C(=C/C=C/C(C)=C/C(=O)O)c1cc(C(C)C)cc(C(C)C)c1OCC(F)(F)F. The van der Waals surface area contributed by atoms with E-state index in [9.17, 15) is 71.9 Å². The summed E-state index contributed by atoms with van der Waals surface area (Å²) < 4.78 is 178. The van der Waals surface area contributed by atoms with Crippen molar-refractivity contribution < 1.29 is 111 Å². The number of alkyl halides is 12. The minimum Gasteiger partial charge on any atom is -0.487 e. The zero-order valence-corrected chi connectivity index (χ0v) is 77.1. The van der Waals surface area contributed by atoms with Gasteiger partial charge in [-0.2, -0.15) is 35.1 Å². The van der Waals surface area contributed by atoms with Crippen molar-refractivity contribution in [1.29, 1.82) is 0 Å². The summed E-state index contributed by atoms with van der Waals surface area (Å²) in [5.41, 5.74) is 12.7. The molecule has 0 radical (unpaired) electrons. The number of carboxylic acid groups (broad SMARTS) is 4. The van der Waals surface area contributed by atoms with Gasteiger partial charge in [0.2, 0.25) is 0 Å². The molecule has 12 nitrogen and oxygen atoms in total. The smallest absolute Gasteiger partial charge is 0.422 e. The molecule has 0 bridgehead atoms. The highest BCUT2D eigenvalue weighted by molar-refractivity contribution is 5.83. The summed E-state index contributed by atoms with van der Waals surface area (Å²) in [6, 6.07) is 15.3. The number of benzene rings is 4. The fourth-order valence-corrected chi connectivity index (χ4v) is 11.5. The maximum absolute atomic E-state index is 13.7. The summed E-state index contributed by atoms with van der Waals surface area (Å²) in [7, 11) is 0. The number of hydrogen-bond donors (Lipinski definition) is 4. The normalized spacial score (nSPS) is 14.1. The lowest BCUT2D eigenvalue weighted by molar-refractivity contribution is -0.154. The molecule has 4 N–H and O–H groups in total. The molecular weight excluding hydrogens is 1610 g/mol. The van der Waals surface area contributed by atoms with Crippen LogP contribution in [0.25, 0.3) is 22.3 Å². The van der Waals surface area contributed by atoms with Crippen LogP contribution in [0.3, 0.4) is 0 Å². The molecule has 4 rings (SSSR count). The lowest BCUT2D eigenvalue weighted by atomic mass is 9.78. The average Bonchev–Trinajstić information content (AvgIpc) is 0.783. The summed E-state index contributed by atoms with van der Waals surface area (Å²) in [4.78, 5) is 43.0. The van der Waals surface area contributed by atoms with E-state index in [1.807, 2.05) is 193 Å². The Kier molecular flexibility index (Phi) is 42.1. The van der Waals surface area contributed by atoms with Gasteiger partial charge in [-0.25, -0.2) is 36.7 Å². The van der Waals surface area contributed by atoms with Crippen LogP contribution in [0.4, 0.5) is 52.7 Å². The summed E-state index contributed by atoms with van der Waals surface area (Å²) in [5, 5.41) is 35.2. The molecule has 4 aromatic carbocycles. The Morgan fingerprint density at radius 1 is 0.341 bits per heavy atom. The van der Waals surface area contributed by atoms with Gasteiger partial charge in [0.15, 0.2) is 19.8 Å². The predicted molar refractivity (Wildman–Crippen MR) is 474 cm³/mol. The van der Waals surface area contributed by atoms with Crippen LogP contribution in [0, 0.1) is 0 Å². The van der Waals surface area contributed by atoms with E-state index in [2.05, 4.69) is 20.8 Å². The van der Waals surface area contributed by atoms with E-state index >= 15 is 0 Å². The van der Waals surface area contributed by atoms with E-state index < -0.39 is 92.3 Å². The van der Waals surface area contributed by atoms with Crippen molar-refractivity contribution in [1.82, 2.24) is 0 Å². The largest absolute Gasteiger partial charge is 0.487 e. The van der Waals surface area contributed by atoms with Crippen LogP contribution in [0.1, 0.15) is 286 Å². The maximum Gasteiger partial charge on any atom is 0.422 e. The Morgan fingerprint density at radius 3 is 0.813 bits per heavy atom. The quantitative estimate of drug-likeness (QED) is 0.0229. The average molecular weight is 1740 g/mol. The highest BCUT2D eigenvalue weighted by atomic mass is 19.4. The first kappa shape index (κ1) is 111. The van der Waals surface area contributed by atoms with Gasteiger partial charge < -0.3 is 39.4 Å². The van der Waals surface area contributed by atoms with Crippen molar-refractivity contribution in [2.24, 2.45) is 0 Å². The Bertz CT molecular complexity index is 4670. The van der Waals surface area contributed by atoms with Crippen LogP contribution in [-0.2, 0) is 51.7 Å². The lowest BCUT2D eigenvalue weighted by Crippen LogP contribution is -2.34. The summed E-state index contributed by atoms with van der Waals surface area (Å²) in [5.74, 6) is -7.20. The topological polar surface area (TPSA) is 186 Å². The second kappa shape index (κ2) is 46.6. The van der Waals surface area contributed by atoms with Gasteiger partial charge in [-0.1, -0.05) is 249 Å². The van der Waals surface area contributed by atoms with Gasteiger partial charge >= 0.3 is 48.6 Å². The second-order valence-corrected chi connectivity index (χ2v) is 37.1. The van der Waals surface area contributed by atoms with E-state index in [4.69, 9.17) is 39.4 Å². The van der Waals surface area contributed by atoms with E-state index in [1.165, 1.54) is 0 Å². The molecule has 0 fully saturated rings. The van der Waals surface area contributed by atoms with Crippen molar-refractivity contribution in [2.45, 2.75) is 283 Å². The molecule has 682 valence electrons. The zero-order valence-electron chi connectivity index (χ0n) is 77.1. The third-order valence-electron chi connectivity index (χ3n) is 18.5. The molecule has 0 spiro atoms. The van der Waals surface area contributed by atoms with Gasteiger partial charge in [-0.05, 0) is 196 Å². The minimum absolute atomic E-state index is 0.0141. The molecule has 0 saturated carbocycles. The first-order valence-electron chi connectivity index (χ1n) is 40.1. The highest BCUT2D eigenvalue weighted by Crippen LogP contribution is 2.46. The molecule has 0 unspecified atom stereocenters. The molecule has 0 aliphatic rings. The predicted octanol–water partition coefficient (Wildman–Crippen LogP) is 28.5. The number of aliphatic carboxylic acids is 4. The molecule has 123 heavy (non-hydrogen) atoms. The van der Waals surface area contributed by atoms with Crippen LogP contribution >= 0.6 is 0 Å². The molecule has 0 aromatic heterocycles. The van der Waals surface area contributed by atoms with Gasteiger partial charge in [0.05, 0.1) is 0 Å². The highest BCUT2D eigenvalue weighted by Gasteiger charge is 2.43. The third kappa shape index (κ3) is 40.5. The van der Waals surface area contributed by atoms with E-state index in [0.29, 0.717) is 67.0 Å². The van der Waals surface area contributed by atoms with Crippen molar-refractivity contribution >= 4 is 46.2 Å². The van der Waals surface area contributed by atoms with Gasteiger partial charge in [0.25, 0.3) is 6.43 Å². The molecule has 0 aliphatic carbocycles. The number of allylic oxidation sites excluding steroid dienone is 20. The van der Waals surface area contributed by atoms with Crippen molar-refractivity contribution in [3.63, 3.8) is 0 Å². The summed E-state index contributed by atoms with van der Waals surface area (Å²) in [6.07, 6.45) is 9.35. The van der Waals surface area contributed by atoms with Crippen LogP contribution in [0.2, 0.25) is 0 Å². The monoisotopic (exact) mass is 1740 g/mol. The third-order valence-corrected chi connectivity index (χ3v) is 18.5. The molecule has 0 amide bonds. The van der Waals surface area contributed by atoms with Crippen molar-refractivity contribution in [3.8, 4) is 23.0 Å². The Hall–Kier alpha value is -10.0. The van der Waals surface area contributed by atoms with Crippen LogP contribution in [0.15, 0.2) is 168 Å². The molecule has 4 aromatic rings. The van der Waals surface area contributed by atoms with E-state index in [-0.39, 0.29) is 50.7 Å². The molecular formula is C99H130F12O12. The van der Waals surface area contributed by atoms with E-state index in [0.717, 1.165) is 74.4 Å². The summed E-state index contributed by atoms with van der Waals surface area (Å²) >= 11 is 0. The lowest BCUT2D eigenvalue weighted by Gasteiger charge is -2.30. The van der Waals surface area contributed by atoms with Gasteiger partial charge in [-0.3, -0.25) is 0 Å². The van der Waals surface area contributed by atoms with Crippen LogP contribution in [0.5, 0.6) is 23.0 Å². The number of hydrogen-bond acceptors (Lipinski definition) is 8. The molecule has 0 heterocycles. The molecule has 24 heteroatoms. The van der Waals surface area contributed by atoms with Crippen LogP contribution < -0.4 is 18.9 Å². The minimum atomic E-state index is -4.45. The molecule has 0 aliphatic heterocycles. The first-order chi connectivity index (χ1) is 55.7. The van der Waals surface area contributed by atoms with Crippen molar-refractivity contribution in [3.05, 3.63) is 235 Å².